The van der Waals surface area contributed by atoms with Gasteiger partial charge in [-0.1, -0.05) is 24.3 Å². The summed E-state index contributed by atoms with van der Waals surface area (Å²) < 4.78 is 19.5. The predicted octanol–water partition coefficient (Wildman–Crippen LogP) is 3.54. The summed E-state index contributed by atoms with van der Waals surface area (Å²) in [5, 5.41) is 0.557. The maximum atomic E-state index is 13.4. The molecule has 0 aliphatic carbocycles. The molecule has 6 heteroatoms. The van der Waals surface area contributed by atoms with Gasteiger partial charge < -0.3 is 14.6 Å². The molecule has 3 aromatic rings. The minimum atomic E-state index is -0.568. The second-order valence-electron chi connectivity index (χ2n) is 7.45. The zero-order chi connectivity index (χ0) is 19.3. The molecule has 1 fully saturated rings. The first-order chi connectivity index (χ1) is 13.6. The van der Waals surface area contributed by atoms with Crippen LogP contribution in [0.2, 0.25) is 0 Å². The third-order valence-corrected chi connectivity index (χ3v) is 5.95. The van der Waals surface area contributed by atoms with Crippen LogP contribution in [0.3, 0.4) is 0 Å². The largest absolute Gasteiger partial charge is 0.365 e. The zero-order valence-electron chi connectivity index (χ0n) is 15.2. The molecule has 1 aromatic heterocycles. The van der Waals surface area contributed by atoms with E-state index in [0.717, 1.165) is 0 Å². The molecule has 3 heterocycles. The number of ketones is 1. The topological polar surface area (TPSA) is 62.4 Å². The maximum absolute atomic E-state index is 13.4. The van der Waals surface area contributed by atoms with Crippen LogP contribution in [0, 0.1) is 5.82 Å². The quantitative estimate of drug-likeness (QED) is 0.548. The number of ether oxygens (including phenoxy) is 1. The second kappa shape index (κ2) is 6.27. The van der Waals surface area contributed by atoms with Crippen LogP contribution in [-0.4, -0.2) is 34.7 Å². The number of carbonyl (C=O) groups is 2. The van der Waals surface area contributed by atoms with Crippen molar-refractivity contribution in [1.29, 1.82) is 0 Å². The summed E-state index contributed by atoms with van der Waals surface area (Å²) in [7, 11) is 0. The van der Waals surface area contributed by atoms with Crippen LogP contribution in [0.1, 0.15) is 34.3 Å². The Morgan fingerprint density at radius 3 is 2.71 bits per heavy atom. The van der Waals surface area contributed by atoms with Crippen molar-refractivity contribution in [3.63, 3.8) is 0 Å². The van der Waals surface area contributed by atoms with E-state index in [0.29, 0.717) is 43.4 Å². The molecule has 28 heavy (non-hydrogen) atoms. The number of aromatic nitrogens is 1. The molecule has 0 unspecified atom stereocenters. The number of aromatic amines is 1. The van der Waals surface area contributed by atoms with Gasteiger partial charge in [0.1, 0.15) is 5.82 Å². The third-order valence-electron chi connectivity index (χ3n) is 5.95. The number of piperidine rings is 1. The van der Waals surface area contributed by atoms with Gasteiger partial charge in [0.05, 0.1) is 17.8 Å². The Balaban J connectivity index is 1.34. The first-order valence-electron chi connectivity index (χ1n) is 9.40. The van der Waals surface area contributed by atoms with Gasteiger partial charge in [-0.05, 0) is 42.2 Å². The number of nitrogens with one attached hydrogen (secondary N) is 1. The minimum Gasteiger partial charge on any atom is -0.365 e. The number of hydrogen-bond donors (Lipinski definition) is 1. The van der Waals surface area contributed by atoms with Crippen molar-refractivity contribution < 1.29 is 18.7 Å². The number of nitrogens with zero attached hydrogens (tertiary/aromatic N) is 1. The van der Waals surface area contributed by atoms with Crippen LogP contribution in [-0.2, 0) is 21.7 Å². The predicted molar refractivity (Wildman–Crippen MR) is 101 cm³/mol. The van der Waals surface area contributed by atoms with Crippen LogP contribution in [0.5, 0.6) is 0 Å². The van der Waals surface area contributed by atoms with Crippen LogP contribution in [0.15, 0.2) is 48.7 Å². The number of fused-ring (bicyclic) bond motifs is 3. The fourth-order valence-corrected chi connectivity index (χ4v) is 4.41. The van der Waals surface area contributed by atoms with E-state index in [-0.39, 0.29) is 11.2 Å². The average Bonchev–Trinajstić information content (AvgIpc) is 3.30. The molecule has 0 radical (unpaired) electrons. The Morgan fingerprint density at radius 1 is 1.11 bits per heavy atom. The summed E-state index contributed by atoms with van der Waals surface area (Å²) in [6.07, 6.45) is 2.82. The molecule has 5 nitrogen and oxygen atoms in total. The molecular formula is C22H19FN2O3. The molecular weight excluding hydrogens is 359 g/mol. The van der Waals surface area contributed by atoms with Gasteiger partial charge in [-0.15, -0.1) is 0 Å². The van der Waals surface area contributed by atoms with Gasteiger partial charge in [-0.3, -0.25) is 9.59 Å². The second-order valence-corrected chi connectivity index (χ2v) is 7.45. The number of hydrogen-bond acceptors (Lipinski definition) is 3. The van der Waals surface area contributed by atoms with Crippen LogP contribution in [0.4, 0.5) is 4.39 Å². The number of Topliss-reactive ketones (excluding diaryl/α,β-unsaturated/α-hetero) is 1. The maximum Gasteiger partial charge on any atom is 0.295 e. The van der Waals surface area contributed by atoms with Gasteiger partial charge in [0.2, 0.25) is 0 Å². The molecule has 2 aromatic carbocycles. The van der Waals surface area contributed by atoms with Crippen molar-refractivity contribution in [2.45, 2.75) is 25.0 Å². The minimum absolute atomic E-state index is 0.280. The molecule has 1 N–H and O–H groups in total. The Hall–Kier alpha value is -2.99. The van der Waals surface area contributed by atoms with E-state index in [2.05, 4.69) is 17.1 Å². The standard InChI is InChI=1S/C22H19FN2O3/c23-15-5-6-16-17(12-24-19(16)11-15)20(26)21(27)25-9-7-22(8-10-25)18-4-2-1-3-14(18)13-28-22/h1-6,11-12,24H,7-10,13H2. The molecule has 142 valence electrons. The first-order valence-corrected chi connectivity index (χ1v) is 9.40. The summed E-state index contributed by atoms with van der Waals surface area (Å²) in [6, 6.07) is 12.3. The van der Waals surface area contributed by atoms with E-state index >= 15 is 0 Å². The van der Waals surface area contributed by atoms with Gasteiger partial charge in [-0.25, -0.2) is 4.39 Å². The van der Waals surface area contributed by atoms with Crippen LogP contribution < -0.4 is 0 Å². The van der Waals surface area contributed by atoms with E-state index in [1.165, 1.54) is 35.5 Å². The third kappa shape index (κ3) is 2.56. The molecule has 0 saturated carbocycles. The summed E-state index contributed by atoms with van der Waals surface area (Å²) in [5.74, 6) is -1.48. The van der Waals surface area contributed by atoms with Gasteiger partial charge >= 0.3 is 0 Å². The van der Waals surface area contributed by atoms with Crippen molar-refractivity contribution in [2.24, 2.45) is 0 Å². The van der Waals surface area contributed by atoms with E-state index in [9.17, 15) is 14.0 Å². The number of likely N-dealkylation sites (tertiary alicyclic amines) is 1. The molecule has 1 saturated heterocycles. The van der Waals surface area contributed by atoms with Crippen molar-refractivity contribution in [3.8, 4) is 0 Å². The van der Waals surface area contributed by atoms with Gasteiger partial charge in [-0.2, -0.15) is 0 Å². The van der Waals surface area contributed by atoms with Gasteiger partial charge in [0.25, 0.3) is 11.7 Å². The van der Waals surface area contributed by atoms with Crippen LogP contribution >= 0.6 is 0 Å². The Bertz CT molecular complexity index is 1100. The number of H-pyrrole nitrogens is 1. The summed E-state index contributed by atoms with van der Waals surface area (Å²) in [6.45, 7) is 1.53. The smallest absolute Gasteiger partial charge is 0.295 e. The van der Waals surface area contributed by atoms with Crippen LogP contribution in [0.25, 0.3) is 10.9 Å². The average molecular weight is 378 g/mol. The highest BCUT2D eigenvalue weighted by Gasteiger charge is 2.43. The number of amides is 1. The highest BCUT2D eigenvalue weighted by Crippen LogP contribution is 2.44. The highest BCUT2D eigenvalue weighted by atomic mass is 19.1. The van der Waals surface area contributed by atoms with E-state index in [4.69, 9.17) is 4.74 Å². The lowest BCUT2D eigenvalue weighted by Gasteiger charge is -2.39. The first kappa shape index (κ1) is 17.1. The van der Waals surface area contributed by atoms with Crippen molar-refractivity contribution in [3.05, 3.63) is 71.2 Å². The van der Waals surface area contributed by atoms with E-state index in [1.807, 2.05) is 12.1 Å². The SMILES string of the molecule is O=C(C(=O)N1CCC2(CC1)OCc1ccccc12)c1c[nH]c2cc(F)ccc12. The number of rotatable bonds is 2. The zero-order valence-corrected chi connectivity index (χ0v) is 15.2. The van der Waals surface area contributed by atoms with Gasteiger partial charge in [0, 0.05) is 30.2 Å². The van der Waals surface area contributed by atoms with E-state index in [1.54, 1.807) is 4.90 Å². The lowest BCUT2D eigenvalue weighted by Crippen LogP contribution is -2.47. The molecule has 1 spiro atoms. The summed E-state index contributed by atoms with van der Waals surface area (Å²) >= 11 is 0. The van der Waals surface area contributed by atoms with Crippen molar-refractivity contribution >= 4 is 22.6 Å². The van der Waals surface area contributed by atoms with E-state index < -0.39 is 17.5 Å². The normalized spacial score (nSPS) is 17.8. The highest BCUT2D eigenvalue weighted by molar-refractivity contribution is 6.44. The fourth-order valence-electron chi connectivity index (χ4n) is 4.41. The number of halogens is 1. The monoisotopic (exact) mass is 378 g/mol. The van der Waals surface area contributed by atoms with Crippen molar-refractivity contribution in [2.75, 3.05) is 13.1 Å². The number of benzene rings is 2. The van der Waals surface area contributed by atoms with Crippen molar-refractivity contribution in [1.82, 2.24) is 9.88 Å². The Labute approximate surface area is 161 Å². The lowest BCUT2D eigenvalue weighted by atomic mass is 9.83. The Morgan fingerprint density at radius 2 is 1.89 bits per heavy atom. The fraction of sp³-hybridized carbons (Fsp3) is 0.273. The summed E-state index contributed by atoms with van der Waals surface area (Å²) in [5.41, 5.74) is 2.83. The molecule has 0 bridgehead atoms. The molecule has 2 aliphatic rings. The lowest BCUT2D eigenvalue weighted by molar-refractivity contribution is -0.133. The molecule has 0 atom stereocenters. The van der Waals surface area contributed by atoms with Gasteiger partial charge in [0.15, 0.2) is 0 Å². The molecule has 5 rings (SSSR count). The number of carbonyl (C=O) groups excluding carboxylic acids is 2. The molecule has 1 amide bonds. The molecule has 2 aliphatic heterocycles. The summed E-state index contributed by atoms with van der Waals surface area (Å²) in [4.78, 5) is 30.0. The Kier molecular flexibility index (Phi) is 3.84.